The maximum Gasteiger partial charge on any atom is 0.513 e. The lowest BCUT2D eigenvalue weighted by atomic mass is 10.2. The number of hydrogen-bond acceptors (Lipinski definition) is 6. The van der Waals surface area contributed by atoms with Crippen LogP contribution in [-0.4, -0.2) is 31.9 Å². The van der Waals surface area contributed by atoms with Crippen molar-refractivity contribution in [3.05, 3.63) is 34.2 Å². The smallest absolute Gasteiger partial charge is 0.464 e. The summed E-state index contributed by atoms with van der Waals surface area (Å²) in [6.45, 7) is 4.82. The predicted molar refractivity (Wildman–Crippen MR) is 91.6 cm³/mol. The van der Waals surface area contributed by atoms with Gasteiger partial charge in [0.05, 0.1) is 24.4 Å². The van der Waals surface area contributed by atoms with Crippen LogP contribution in [0.25, 0.3) is 0 Å². The lowest BCUT2D eigenvalue weighted by Gasteiger charge is -2.13. The number of esters is 1. The molecule has 0 saturated carbocycles. The van der Waals surface area contributed by atoms with Crippen LogP contribution in [0.1, 0.15) is 20.8 Å². The Morgan fingerprint density at radius 2 is 1.88 bits per heavy atom. The quantitative estimate of drug-likeness (QED) is 0.454. The first kappa shape index (κ1) is 21.2. The first-order valence-corrected chi connectivity index (χ1v) is 7.74. The summed E-state index contributed by atoms with van der Waals surface area (Å²) in [5.41, 5.74) is 0.0569. The summed E-state index contributed by atoms with van der Waals surface area (Å²) in [6.07, 6.45) is -1.03. The molecule has 0 fully saturated rings. The molecule has 0 aliphatic rings. The molecule has 1 rings (SSSR count). The number of halogens is 2. The van der Waals surface area contributed by atoms with Gasteiger partial charge in [0.1, 0.15) is 11.5 Å². The van der Waals surface area contributed by atoms with E-state index >= 15 is 0 Å². The van der Waals surface area contributed by atoms with E-state index in [0.29, 0.717) is 5.57 Å². The Morgan fingerprint density at radius 3 is 2.42 bits per heavy atom. The first-order chi connectivity index (χ1) is 12.2. The van der Waals surface area contributed by atoms with Crippen molar-refractivity contribution in [2.45, 2.75) is 20.8 Å². The monoisotopic (exact) mass is 388 g/mol. The molecule has 1 aromatic carbocycles. The van der Waals surface area contributed by atoms with Crippen LogP contribution in [0, 0.1) is 5.82 Å². The van der Waals surface area contributed by atoms with Crippen molar-refractivity contribution in [2.75, 3.05) is 19.0 Å². The van der Waals surface area contributed by atoms with E-state index < -0.39 is 24.0 Å². The van der Waals surface area contributed by atoms with Gasteiger partial charge in [0, 0.05) is 6.07 Å². The van der Waals surface area contributed by atoms with Gasteiger partial charge in [0.2, 0.25) is 0 Å². The van der Waals surface area contributed by atoms with Gasteiger partial charge in [-0.1, -0.05) is 11.6 Å². The Morgan fingerprint density at radius 1 is 1.23 bits per heavy atom. The normalized spacial score (nSPS) is 9.77. The van der Waals surface area contributed by atoms with Crippen molar-refractivity contribution in [1.82, 2.24) is 5.32 Å². The van der Waals surface area contributed by atoms with Gasteiger partial charge in [-0.2, -0.15) is 0 Å². The second-order valence-corrected chi connectivity index (χ2v) is 5.40. The molecule has 0 spiro atoms. The van der Waals surface area contributed by atoms with Crippen LogP contribution in [0.5, 0.6) is 5.75 Å². The molecule has 10 heteroatoms. The van der Waals surface area contributed by atoms with Gasteiger partial charge in [0.25, 0.3) is 0 Å². The fourth-order valence-electron chi connectivity index (χ4n) is 1.69. The van der Waals surface area contributed by atoms with Gasteiger partial charge in [-0.15, -0.1) is 0 Å². The summed E-state index contributed by atoms with van der Waals surface area (Å²) >= 11 is 5.80. The molecule has 142 valence electrons. The van der Waals surface area contributed by atoms with Gasteiger partial charge in [-0.05, 0) is 32.4 Å². The van der Waals surface area contributed by atoms with Gasteiger partial charge in [0.15, 0.2) is 5.75 Å². The zero-order valence-corrected chi connectivity index (χ0v) is 15.3. The van der Waals surface area contributed by atoms with Crippen LogP contribution in [0.3, 0.4) is 0 Å². The van der Waals surface area contributed by atoms with Crippen LogP contribution in [0.4, 0.5) is 19.7 Å². The Kier molecular flexibility index (Phi) is 7.85. The fraction of sp³-hybridized carbons (Fsp3) is 0.312. The molecule has 8 nitrogen and oxygen atoms in total. The first-order valence-electron chi connectivity index (χ1n) is 7.37. The fourth-order valence-corrected chi connectivity index (χ4v) is 1.88. The predicted octanol–water partition coefficient (Wildman–Crippen LogP) is 3.60. The SMILES string of the molecule is CCOC(=O)Oc1cc(NC(=O)NC(C(=O)OC)=C(C)C)c(F)cc1Cl. The van der Waals surface area contributed by atoms with E-state index in [0.717, 1.165) is 19.2 Å². The number of benzene rings is 1. The summed E-state index contributed by atoms with van der Waals surface area (Å²) in [6, 6.07) is 0.956. The van der Waals surface area contributed by atoms with Crippen LogP contribution in [0.2, 0.25) is 5.02 Å². The molecule has 0 aromatic heterocycles. The second kappa shape index (κ2) is 9.62. The van der Waals surface area contributed by atoms with E-state index in [1.807, 2.05) is 0 Å². The number of anilines is 1. The Balaban J connectivity index is 2.98. The highest BCUT2D eigenvalue weighted by Gasteiger charge is 2.18. The molecule has 1 aromatic rings. The van der Waals surface area contributed by atoms with Gasteiger partial charge in [-0.3, -0.25) is 0 Å². The third-order valence-corrected chi connectivity index (χ3v) is 3.15. The number of ether oxygens (including phenoxy) is 3. The van der Waals surface area contributed by atoms with Crippen molar-refractivity contribution < 1.29 is 33.0 Å². The molecule has 0 unspecified atom stereocenters. The van der Waals surface area contributed by atoms with Crippen molar-refractivity contribution >= 4 is 35.4 Å². The van der Waals surface area contributed by atoms with Gasteiger partial charge < -0.3 is 24.8 Å². The maximum absolute atomic E-state index is 14.0. The Hall–Kier alpha value is -2.81. The highest BCUT2D eigenvalue weighted by Crippen LogP contribution is 2.31. The topological polar surface area (TPSA) is 103 Å². The Bertz CT molecular complexity index is 747. The Labute approximate surface area is 154 Å². The molecule has 0 aliphatic heterocycles. The summed E-state index contributed by atoms with van der Waals surface area (Å²) in [5.74, 6) is -1.85. The van der Waals surface area contributed by atoms with E-state index in [-0.39, 0.29) is 28.8 Å². The average Bonchev–Trinajstić information content (AvgIpc) is 2.56. The molecule has 0 radical (unpaired) electrons. The molecule has 0 saturated heterocycles. The largest absolute Gasteiger partial charge is 0.513 e. The molecule has 2 N–H and O–H groups in total. The molecule has 0 bridgehead atoms. The number of nitrogens with one attached hydrogen (secondary N) is 2. The number of urea groups is 1. The highest BCUT2D eigenvalue weighted by atomic mass is 35.5. The number of hydrogen-bond donors (Lipinski definition) is 2. The average molecular weight is 389 g/mol. The minimum Gasteiger partial charge on any atom is -0.464 e. The van der Waals surface area contributed by atoms with E-state index in [1.165, 1.54) is 0 Å². The summed E-state index contributed by atoms with van der Waals surface area (Å²) in [4.78, 5) is 35.0. The van der Waals surface area contributed by atoms with Crippen LogP contribution >= 0.6 is 11.6 Å². The number of carbonyl (C=O) groups excluding carboxylic acids is 3. The highest BCUT2D eigenvalue weighted by molar-refractivity contribution is 6.32. The van der Waals surface area contributed by atoms with Crippen molar-refractivity contribution in [3.63, 3.8) is 0 Å². The number of carbonyl (C=O) groups is 3. The summed E-state index contributed by atoms with van der Waals surface area (Å²) in [5, 5.41) is 4.26. The van der Waals surface area contributed by atoms with Crippen LogP contribution < -0.4 is 15.4 Å². The van der Waals surface area contributed by atoms with Crippen molar-refractivity contribution in [2.24, 2.45) is 0 Å². The lowest BCUT2D eigenvalue weighted by Crippen LogP contribution is -2.33. The van der Waals surface area contributed by atoms with Crippen molar-refractivity contribution in [3.8, 4) is 5.75 Å². The lowest BCUT2D eigenvalue weighted by molar-refractivity contribution is -0.136. The molecule has 2 amide bonds. The second-order valence-electron chi connectivity index (χ2n) is 4.99. The van der Waals surface area contributed by atoms with Gasteiger partial charge in [-0.25, -0.2) is 18.8 Å². The number of rotatable bonds is 5. The third-order valence-electron chi connectivity index (χ3n) is 2.85. The molecular weight excluding hydrogens is 371 g/mol. The van der Waals surface area contributed by atoms with E-state index in [4.69, 9.17) is 16.3 Å². The van der Waals surface area contributed by atoms with E-state index in [9.17, 15) is 18.8 Å². The number of amides is 2. The summed E-state index contributed by atoms with van der Waals surface area (Å²) < 4.78 is 28.0. The summed E-state index contributed by atoms with van der Waals surface area (Å²) in [7, 11) is 1.16. The van der Waals surface area contributed by atoms with Gasteiger partial charge >= 0.3 is 18.2 Å². The molecule has 0 atom stereocenters. The van der Waals surface area contributed by atoms with E-state index in [1.54, 1.807) is 20.8 Å². The molecule has 0 aliphatic carbocycles. The standard InChI is InChI=1S/C16H18ClFN2O6/c1-5-25-16(23)26-12-7-11(10(18)6-9(12)17)19-15(22)20-13(8(2)3)14(21)24-4/h6-7H,5H2,1-4H3,(H2,19,20,22). The zero-order chi connectivity index (χ0) is 19.9. The molecule has 0 heterocycles. The third kappa shape index (κ3) is 5.92. The van der Waals surface area contributed by atoms with E-state index in [2.05, 4.69) is 20.1 Å². The van der Waals surface area contributed by atoms with Crippen LogP contribution in [0.15, 0.2) is 23.4 Å². The minimum atomic E-state index is -1.03. The molecule has 26 heavy (non-hydrogen) atoms. The number of allylic oxidation sites excluding steroid dienone is 1. The van der Waals surface area contributed by atoms with Crippen molar-refractivity contribution in [1.29, 1.82) is 0 Å². The molecular formula is C16H18ClFN2O6. The zero-order valence-electron chi connectivity index (χ0n) is 14.6. The number of methoxy groups -OCH3 is 1. The maximum atomic E-state index is 14.0. The minimum absolute atomic E-state index is 0.0736. The van der Waals surface area contributed by atoms with Crippen LogP contribution in [-0.2, 0) is 14.3 Å².